The molecule has 15 heteroatoms. The number of hydrogen-bond donors (Lipinski definition) is 3. The van der Waals surface area contributed by atoms with Crippen molar-refractivity contribution in [1.82, 2.24) is 4.90 Å². The minimum Gasteiger partial charge on any atom is -0.460 e. The Balaban J connectivity index is 1.67. The third-order valence-corrected chi connectivity index (χ3v) is 15.4. The zero-order valence-electron chi connectivity index (χ0n) is 44.3. The van der Waals surface area contributed by atoms with Crippen LogP contribution in [0, 0.1) is 47.9 Å². The largest absolute Gasteiger partial charge is 0.460 e. The summed E-state index contributed by atoms with van der Waals surface area (Å²) in [7, 11) is 4.64. The van der Waals surface area contributed by atoms with Crippen LogP contribution in [0.1, 0.15) is 126 Å². The number of carbonyl (C=O) groups is 4. The molecule has 15 nitrogen and oxygen atoms in total. The van der Waals surface area contributed by atoms with Crippen LogP contribution in [0.4, 0.5) is 0 Å². The molecule has 1 aliphatic carbocycles. The molecule has 3 heterocycles. The minimum atomic E-state index is -2.24. The number of terminal acetylenes is 1. The number of Topliss-reactive ketones (excluding diaryl/α,β-unsaturated/α-hetero) is 2. The number of nitrogens with zero attached hydrogens (tertiary/aromatic N) is 1. The predicted octanol–water partition coefficient (Wildman–Crippen LogP) is 6.65. The van der Waals surface area contributed by atoms with Crippen molar-refractivity contribution < 1.29 is 67.7 Å². The van der Waals surface area contributed by atoms with Gasteiger partial charge in [-0.2, -0.15) is 0 Å². The van der Waals surface area contributed by atoms with E-state index in [-0.39, 0.29) is 67.5 Å². The van der Waals surface area contributed by atoms with E-state index >= 15 is 0 Å². The summed E-state index contributed by atoms with van der Waals surface area (Å²) < 4.78 is 41.5. The van der Waals surface area contributed by atoms with Crippen molar-refractivity contribution in [2.75, 3.05) is 47.7 Å². The summed E-state index contributed by atoms with van der Waals surface area (Å²) in [5, 5.41) is 35.4. The molecule has 0 aromatic heterocycles. The molecule has 1 saturated carbocycles. The van der Waals surface area contributed by atoms with Crippen LogP contribution in [-0.4, -0.2) is 152 Å². The van der Waals surface area contributed by atoms with Gasteiger partial charge in [0.05, 0.1) is 37.6 Å². The number of esters is 1. The van der Waals surface area contributed by atoms with Crippen molar-refractivity contribution in [2.24, 2.45) is 35.5 Å². The highest BCUT2D eigenvalue weighted by atomic mass is 16.6. The number of allylic oxidation sites excluding steroid dienone is 6. The molecule has 0 spiro atoms. The molecule has 71 heavy (non-hydrogen) atoms. The molecule has 2 bridgehead atoms. The molecule has 4 rings (SSSR count). The van der Waals surface area contributed by atoms with Crippen LogP contribution in [0.15, 0.2) is 47.6 Å². The summed E-state index contributed by atoms with van der Waals surface area (Å²) in [6.07, 6.45) is 15.9. The first kappa shape index (κ1) is 60.0. The van der Waals surface area contributed by atoms with Crippen LogP contribution in [-0.2, 0) is 52.3 Å². The van der Waals surface area contributed by atoms with Crippen molar-refractivity contribution >= 4 is 23.4 Å². The third kappa shape index (κ3) is 17.0. The Bertz CT molecular complexity index is 1890. The fourth-order valence-corrected chi connectivity index (χ4v) is 10.8. The quantitative estimate of drug-likeness (QED) is 0.0862. The van der Waals surface area contributed by atoms with E-state index in [9.17, 15) is 34.5 Å². The van der Waals surface area contributed by atoms with Crippen LogP contribution in [0.2, 0.25) is 0 Å². The maximum Gasteiger partial charge on any atom is 0.329 e. The monoisotopic (exact) mass is 998 g/mol. The van der Waals surface area contributed by atoms with E-state index in [1.54, 1.807) is 41.1 Å². The first-order valence-electron chi connectivity index (χ1n) is 26.0. The van der Waals surface area contributed by atoms with E-state index in [4.69, 9.17) is 39.6 Å². The molecular weight excluding hydrogens is 911 g/mol. The highest BCUT2D eigenvalue weighted by Crippen LogP contribution is 2.39. The molecule has 400 valence electrons. The second-order valence-corrected chi connectivity index (χ2v) is 20.9. The predicted molar refractivity (Wildman–Crippen MR) is 270 cm³/mol. The SMILES string of the molecule is C#CCOCCO[C@@H]1CC[C@@H](C[C@@H](C)[C@@H]2CC(=O)[C@H](C)/C=C(\C)[C@@H](O)[C@@H](OC)C(=O)[C@H](C)C[C@H](C)/C=C/C=C/C=C(\C)[C@@H](OC)C[C@@H]3CC[C@@H](C)[C@@](O)(O3)C(O)C(=O)N3CCCC[C@H]3C(=O)O2)C[C@H]1OC. The van der Waals surface area contributed by atoms with Gasteiger partial charge >= 0.3 is 5.97 Å². The smallest absolute Gasteiger partial charge is 0.329 e. The van der Waals surface area contributed by atoms with Crippen LogP contribution in [0.3, 0.4) is 0 Å². The lowest BCUT2D eigenvalue weighted by Crippen LogP contribution is -2.63. The van der Waals surface area contributed by atoms with Crippen molar-refractivity contribution in [3.63, 3.8) is 0 Å². The summed E-state index contributed by atoms with van der Waals surface area (Å²) in [5.74, 6) is -3.77. The van der Waals surface area contributed by atoms with Gasteiger partial charge in [-0.05, 0) is 107 Å². The van der Waals surface area contributed by atoms with Crippen LogP contribution in [0.5, 0.6) is 0 Å². The zero-order chi connectivity index (χ0) is 52.4. The molecule has 2 saturated heterocycles. The number of fused-ring (bicyclic) bond motifs is 3. The fourth-order valence-electron chi connectivity index (χ4n) is 10.8. The third-order valence-electron chi connectivity index (χ3n) is 15.4. The van der Waals surface area contributed by atoms with E-state index in [1.165, 1.54) is 12.0 Å². The maximum atomic E-state index is 14.6. The number of aliphatic hydroxyl groups excluding tert-OH is 2. The average Bonchev–Trinajstić information content (AvgIpc) is 3.35. The van der Waals surface area contributed by atoms with E-state index < -0.39 is 78.1 Å². The van der Waals surface area contributed by atoms with E-state index in [0.29, 0.717) is 70.2 Å². The number of ether oxygens (including phenoxy) is 7. The molecule has 4 aliphatic rings. The molecule has 0 aromatic carbocycles. The summed E-state index contributed by atoms with van der Waals surface area (Å²) >= 11 is 0. The second kappa shape index (κ2) is 29.4. The van der Waals surface area contributed by atoms with E-state index in [1.807, 2.05) is 58.1 Å². The van der Waals surface area contributed by atoms with Gasteiger partial charge in [0.15, 0.2) is 11.9 Å². The van der Waals surface area contributed by atoms with Gasteiger partial charge in [0.2, 0.25) is 5.79 Å². The summed E-state index contributed by atoms with van der Waals surface area (Å²) in [4.78, 5) is 58.3. The average molecular weight is 998 g/mol. The highest BCUT2D eigenvalue weighted by Gasteiger charge is 2.53. The van der Waals surface area contributed by atoms with Gasteiger partial charge < -0.3 is 53.4 Å². The lowest BCUT2D eigenvalue weighted by molar-refractivity contribution is -0.317. The highest BCUT2D eigenvalue weighted by molar-refractivity contribution is 5.89. The van der Waals surface area contributed by atoms with Crippen LogP contribution < -0.4 is 0 Å². The fraction of sp³-hybridized carbons (Fsp3) is 0.750. The Morgan fingerprint density at radius 3 is 2.31 bits per heavy atom. The van der Waals surface area contributed by atoms with Gasteiger partial charge in [0.1, 0.15) is 36.7 Å². The van der Waals surface area contributed by atoms with Crippen molar-refractivity contribution in [2.45, 2.75) is 186 Å². The molecule has 0 radical (unpaired) electrons. The maximum absolute atomic E-state index is 14.6. The molecular formula is C56H87NO14. The van der Waals surface area contributed by atoms with E-state index in [2.05, 4.69) is 5.92 Å². The van der Waals surface area contributed by atoms with Gasteiger partial charge in [-0.15, -0.1) is 6.42 Å². The summed E-state index contributed by atoms with van der Waals surface area (Å²) in [6, 6.07) is -1.09. The van der Waals surface area contributed by atoms with Crippen molar-refractivity contribution in [3.05, 3.63) is 47.6 Å². The van der Waals surface area contributed by atoms with Gasteiger partial charge in [0, 0.05) is 58.5 Å². The Morgan fingerprint density at radius 2 is 1.62 bits per heavy atom. The van der Waals surface area contributed by atoms with Gasteiger partial charge in [0.25, 0.3) is 5.91 Å². The van der Waals surface area contributed by atoms with Gasteiger partial charge in [-0.1, -0.05) is 77.0 Å². The standard InChI is InChI=1S/C56H87NO14/c1-12-26-68-27-28-69-46-24-22-42(32-49(46)66-10)31-38(5)48-34-45(58)37(4)30-40(7)51(60)52(67-11)50(59)39(6)29-35(2)18-14-13-15-19-36(3)47(65-9)33-43-23-21-41(8)56(64,71-43)53(61)54(62)57-25-17-16-20-44(57)55(63)70-48/h1,13-15,18-19,30,35,37-39,41-44,46-49,51-53,60-61,64H,16-17,20-29,31-34H2,2-11H3/b15-13+,18-14+,36-19+,40-30+/t35-,37-,38-,39-,41-,42+,43+,44+,46-,47+,48+,49-,51-,52+,53?,56-/m1/s1. The summed E-state index contributed by atoms with van der Waals surface area (Å²) in [5.41, 5.74) is 1.30. The number of ketones is 2. The Hall–Kier alpha value is -3.56. The molecule has 3 aliphatic heterocycles. The molecule has 1 unspecified atom stereocenters. The Kier molecular flexibility index (Phi) is 24.8. The first-order chi connectivity index (χ1) is 33.8. The van der Waals surface area contributed by atoms with Crippen molar-refractivity contribution in [3.8, 4) is 12.3 Å². The molecule has 1 amide bonds. The number of carbonyl (C=O) groups excluding carboxylic acids is 4. The molecule has 3 N–H and O–H groups in total. The Morgan fingerprint density at radius 1 is 0.873 bits per heavy atom. The van der Waals surface area contributed by atoms with Crippen LogP contribution in [0.25, 0.3) is 0 Å². The van der Waals surface area contributed by atoms with Gasteiger partial charge in [-0.3, -0.25) is 14.4 Å². The minimum absolute atomic E-state index is 0.0214. The topological polar surface area (TPSA) is 197 Å². The van der Waals surface area contributed by atoms with Crippen LogP contribution >= 0.6 is 0 Å². The lowest BCUT2D eigenvalue weighted by Gasteiger charge is -2.46. The number of hydrogen-bond acceptors (Lipinski definition) is 14. The van der Waals surface area contributed by atoms with E-state index in [0.717, 1.165) is 18.4 Å². The number of aliphatic hydroxyl groups is 3. The zero-order valence-corrected chi connectivity index (χ0v) is 44.3. The number of amides is 1. The number of methoxy groups -OCH3 is 3. The normalized spacial score (nSPS) is 38.9. The number of cyclic esters (lactones) is 1. The van der Waals surface area contributed by atoms with Gasteiger partial charge in [-0.25, -0.2) is 4.79 Å². The second-order valence-electron chi connectivity index (χ2n) is 20.9. The molecule has 0 aromatic rings. The first-order valence-corrected chi connectivity index (χ1v) is 26.0. The molecule has 16 atom stereocenters. The summed E-state index contributed by atoms with van der Waals surface area (Å²) in [6.45, 7) is 13.9. The van der Waals surface area contributed by atoms with Crippen molar-refractivity contribution in [1.29, 1.82) is 0 Å². The lowest BCUT2D eigenvalue weighted by atomic mass is 9.78. The number of rotatable bonds is 11. The number of piperidine rings is 1. The molecule has 3 fully saturated rings. The Labute approximate surface area is 424 Å².